The lowest BCUT2D eigenvalue weighted by molar-refractivity contribution is -0.149. The zero-order valence-corrected chi connectivity index (χ0v) is 20.6. The van der Waals surface area contributed by atoms with Crippen molar-refractivity contribution in [2.75, 3.05) is 13.2 Å². The molecular weight excluding hydrogens is 457 g/mol. The molecule has 0 amide bonds. The highest BCUT2D eigenvalue weighted by atomic mass is 31.2. The number of hydrogen-bond donors (Lipinski definition) is 2. The highest BCUT2D eigenvalue weighted by Crippen LogP contribution is 2.39. The third-order valence-electron chi connectivity index (χ3n) is 4.98. The van der Waals surface area contributed by atoms with E-state index in [-0.39, 0.29) is 31.5 Å². The molecule has 0 aliphatic carbocycles. The van der Waals surface area contributed by atoms with Gasteiger partial charge in [-0.2, -0.15) is 5.10 Å². The molecule has 2 heterocycles. The number of benzene rings is 1. The Morgan fingerprint density at radius 3 is 2.85 bits per heavy atom. The Bertz CT molecular complexity index is 937. The molecule has 3 atom stereocenters. The Balaban J connectivity index is 1.63. The number of hydrogen-bond acceptors (Lipinski definition) is 10. The maximum Gasteiger partial charge on any atom is 0.326 e. The molecule has 2 aliphatic heterocycles. The molecule has 1 fully saturated rings. The molecule has 0 spiro atoms. The Kier molecular flexibility index (Phi) is 9.18. The number of nitrogens with one attached hydrogen (secondary N) is 1. The van der Waals surface area contributed by atoms with Crippen LogP contribution in [0.15, 0.2) is 64.9 Å². The minimum absolute atomic E-state index is 0.192. The second-order valence-corrected chi connectivity index (χ2v) is 9.26. The minimum atomic E-state index is -1.67. The number of allylic oxidation sites excluding steroid dienone is 2. The van der Waals surface area contributed by atoms with E-state index in [2.05, 4.69) is 21.8 Å². The molecular formula is C23H32N5O5P. The first-order valence-corrected chi connectivity index (χ1v) is 12.3. The van der Waals surface area contributed by atoms with Crippen molar-refractivity contribution in [1.29, 1.82) is 0 Å². The largest absolute Gasteiger partial charge is 0.465 e. The van der Waals surface area contributed by atoms with Gasteiger partial charge in [-0.05, 0) is 51.8 Å². The van der Waals surface area contributed by atoms with Crippen molar-refractivity contribution in [3.8, 4) is 5.75 Å². The third-order valence-corrected chi connectivity index (χ3v) is 6.48. The highest BCUT2D eigenvalue weighted by Gasteiger charge is 2.37. The Morgan fingerprint density at radius 1 is 1.38 bits per heavy atom. The molecule has 1 unspecified atom stereocenters. The van der Waals surface area contributed by atoms with Crippen LogP contribution in [0.2, 0.25) is 0 Å². The SMILES string of the molecule is C=C/C=C1/C(N)=NC=NN1[C@H]1CC[C@@H](COP(NC(C)(C)C(=O)OCC)Oc2ccccc2)O1. The standard InChI is InChI=1S/C23H32N5O5P/c1-5-10-19-21(24)25-16-26-28(19)20-14-13-18(32-20)15-31-34(33-17-11-8-7-9-12-17)27-23(3,4)22(29)30-6-2/h5,7-12,16,18,20,27H,1,6,13-15H2,2-4H3,(H2,24,25,26)/b19-10-/t18-,20+,34?/m0/s1. The van der Waals surface area contributed by atoms with Crippen LogP contribution < -0.4 is 15.3 Å². The molecule has 34 heavy (non-hydrogen) atoms. The first kappa shape index (κ1) is 25.8. The van der Waals surface area contributed by atoms with Crippen LogP contribution in [-0.4, -0.2) is 54.2 Å². The fraction of sp³-hybridized carbons (Fsp3) is 0.435. The average molecular weight is 490 g/mol. The summed E-state index contributed by atoms with van der Waals surface area (Å²) in [4.78, 5) is 16.4. The van der Waals surface area contributed by atoms with Crippen molar-refractivity contribution < 1.29 is 23.3 Å². The van der Waals surface area contributed by atoms with E-state index < -0.39 is 14.1 Å². The molecule has 0 saturated carbocycles. The predicted octanol–water partition coefficient (Wildman–Crippen LogP) is 3.43. The molecule has 1 aromatic carbocycles. The van der Waals surface area contributed by atoms with E-state index in [1.807, 2.05) is 30.3 Å². The monoisotopic (exact) mass is 489 g/mol. The van der Waals surface area contributed by atoms with E-state index in [0.29, 0.717) is 17.3 Å². The van der Waals surface area contributed by atoms with E-state index in [4.69, 9.17) is 24.3 Å². The highest BCUT2D eigenvalue weighted by molar-refractivity contribution is 7.45. The zero-order valence-electron chi connectivity index (χ0n) is 19.7. The number of carbonyl (C=O) groups is 1. The smallest absolute Gasteiger partial charge is 0.326 e. The second kappa shape index (κ2) is 12.1. The number of hydrazone groups is 1. The fourth-order valence-electron chi connectivity index (χ4n) is 3.28. The van der Waals surface area contributed by atoms with Crippen molar-refractivity contribution in [1.82, 2.24) is 10.1 Å². The minimum Gasteiger partial charge on any atom is -0.465 e. The van der Waals surface area contributed by atoms with Gasteiger partial charge < -0.3 is 24.3 Å². The lowest BCUT2D eigenvalue weighted by atomic mass is 10.1. The summed E-state index contributed by atoms with van der Waals surface area (Å²) >= 11 is 0. The van der Waals surface area contributed by atoms with Crippen LogP contribution in [-0.2, 0) is 18.8 Å². The van der Waals surface area contributed by atoms with Gasteiger partial charge in [-0.25, -0.2) is 15.1 Å². The summed E-state index contributed by atoms with van der Waals surface area (Å²) in [6.07, 6.45) is 5.76. The summed E-state index contributed by atoms with van der Waals surface area (Å²) in [5.41, 5.74) is 5.63. The summed E-state index contributed by atoms with van der Waals surface area (Å²) in [7, 11) is -1.67. The zero-order chi connectivity index (χ0) is 24.6. The first-order valence-electron chi connectivity index (χ1n) is 11.1. The number of carbonyl (C=O) groups excluding carboxylic acids is 1. The van der Waals surface area contributed by atoms with E-state index in [0.717, 1.165) is 12.8 Å². The van der Waals surface area contributed by atoms with Crippen LogP contribution in [0.3, 0.4) is 0 Å². The molecule has 11 heteroatoms. The molecule has 184 valence electrons. The molecule has 10 nitrogen and oxygen atoms in total. The number of nitrogens with zero attached hydrogens (tertiary/aromatic N) is 3. The number of nitrogens with two attached hydrogens (primary N) is 1. The summed E-state index contributed by atoms with van der Waals surface area (Å²) in [6.45, 7) is 9.50. The number of esters is 1. The maximum absolute atomic E-state index is 12.4. The average Bonchev–Trinajstić information content (AvgIpc) is 3.28. The fourth-order valence-corrected chi connectivity index (χ4v) is 4.60. The lowest BCUT2D eigenvalue weighted by Gasteiger charge is -2.30. The Morgan fingerprint density at radius 2 is 2.15 bits per heavy atom. The molecule has 0 radical (unpaired) electrons. The van der Waals surface area contributed by atoms with Crippen molar-refractivity contribution in [3.63, 3.8) is 0 Å². The number of aliphatic imine (C=N–C) groups is 1. The van der Waals surface area contributed by atoms with Gasteiger partial charge in [-0.1, -0.05) is 30.9 Å². The van der Waals surface area contributed by atoms with Crippen LogP contribution in [0, 0.1) is 0 Å². The molecule has 3 N–H and O–H groups in total. The van der Waals surface area contributed by atoms with E-state index >= 15 is 0 Å². The summed E-state index contributed by atoms with van der Waals surface area (Å²) in [5.74, 6) is 0.592. The first-order chi connectivity index (χ1) is 16.3. The van der Waals surface area contributed by atoms with Gasteiger partial charge in [-0.15, -0.1) is 0 Å². The van der Waals surface area contributed by atoms with E-state index in [9.17, 15) is 4.79 Å². The molecule has 1 aromatic rings. The molecule has 0 aromatic heterocycles. The topological polar surface area (TPSA) is 120 Å². The van der Waals surface area contributed by atoms with Crippen molar-refractivity contribution in [3.05, 3.63) is 54.8 Å². The van der Waals surface area contributed by atoms with Crippen LogP contribution in [0.25, 0.3) is 0 Å². The van der Waals surface area contributed by atoms with Gasteiger partial charge in [-0.3, -0.25) is 4.79 Å². The van der Waals surface area contributed by atoms with E-state index in [1.165, 1.54) is 6.34 Å². The van der Waals surface area contributed by atoms with Crippen molar-refractivity contribution >= 4 is 26.7 Å². The van der Waals surface area contributed by atoms with Crippen LogP contribution in [0.1, 0.15) is 33.6 Å². The van der Waals surface area contributed by atoms with Gasteiger partial charge in [0.15, 0.2) is 12.1 Å². The van der Waals surface area contributed by atoms with Gasteiger partial charge in [0.1, 0.15) is 23.3 Å². The van der Waals surface area contributed by atoms with Gasteiger partial charge in [0.25, 0.3) is 0 Å². The van der Waals surface area contributed by atoms with Crippen molar-refractivity contribution in [2.24, 2.45) is 15.8 Å². The predicted molar refractivity (Wildman–Crippen MR) is 132 cm³/mol. The number of para-hydroxylation sites is 1. The quantitative estimate of drug-likeness (QED) is 0.358. The molecule has 2 aliphatic rings. The third kappa shape index (κ3) is 6.87. The van der Waals surface area contributed by atoms with Crippen molar-refractivity contribution in [2.45, 2.75) is 51.5 Å². The molecule has 0 bridgehead atoms. The number of ether oxygens (including phenoxy) is 2. The normalized spacial score (nSPS) is 22.4. The summed E-state index contributed by atoms with van der Waals surface area (Å²) in [5, 5.41) is 9.17. The summed E-state index contributed by atoms with van der Waals surface area (Å²) < 4.78 is 23.5. The second-order valence-electron chi connectivity index (χ2n) is 8.08. The maximum atomic E-state index is 12.4. The van der Waals surface area contributed by atoms with Gasteiger partial charge >= 0.3 is 14.5 Å². The Labute approximate surface area is 201 Å². The summed E-state index contributed by atoms with van der Waals surface area (Å²) in [6, 6.07) is 9.29. The molecule has 1 saturated heterocycles. The van der Waals surface area contributed by atoms with Crippen LogP contribution in [0.5, 0.6) is 5.75 Å². The Hall–Kier alpha value is -2.78. The van der Waals surface area contributed by atoms with Gasteiger partial charge in [0.05, 0.1) is 19.3 Å². The van der Waals surface area contributed by atoms with E-state index in [1.54, 1.807) is 37.9 Å². The number of amidine groups is 1. The lowest BCUT2D eigenvalue weighted by Crippen LogP contribution is -2.46. The van der Waals surface area contributed by atoms with Gasteiger partial charge in [0, 0.05) is 0 Å². The van der Waals surface area contributed by atoms with Crippen LogP contribution >= 0.6 is 8.53 Å². The van der Waals surface area contributed by atoms with Crippen LogP contribution in [0.4, 0.5) is 0 Å². The number of rotatable bonds is 11. The molecule has 3 rings (SSSR count). The van der Waals surface area contributed by atoms with Gasteiger partial charge in [0.2, 0.25) is 0 Å².